The molecule has 41 heavy (non-hydrogen) atoms. The molecule has 202 valence electrons. The first-order valence-electron chi connectivity index (χ1n) is 13.6. The van der Waals surface area contributed by atoms with Crippen molar-refractivity contribution in [1.29, 1.82) is 0 Å². The van der Waals surface area contributed by atoms with Crippen LogP contribution in [0.1, 0.15) is 26.3 Å². The lowest BCUT2D eigenvalue weighted by Crippen LogP contribution is -2.15. The summed E-state index contributed by atoms with van der Waals surface area (Å²) in [6.45, 7) is 6.58. The van der Waals surface area contributed by atoms with E-state index in [2.05, 4.69) is 86.4 Å². The smallest absolute Gasteiger partial charge is 0.238 e. The van der Waals surface area contributed by atoms with Gasteiger partial charge in [0.2, 0.25) is 5.95 Å². The van der Waals surface area contributed by atoms with Gasteiger partial charge in [-0.15, -0.1) is 5.10 Å². The third kappa shape index (κ3) is 5.50. The zero-order chi connectivity index (χ0) is 28.4. The summed E-state index contributed by atoms with van der Waals surface area (Å²) < 4.78 is 16.0. The Morgan fingerprint density at radius 3 is 2.17 bits per heavy atom. The van der Waals surface area contributed by atoms with Crippen LogP contribution in [0.2, 0.25) is 0 Å². The van der Waals surface area contributed by atoms with E-state index in [0.29, 0.717) is 11.6 Å². The van der Waals surface area contributed by atoms with Gasteiger partial charge in [0.15, 0.2) is 5.82 Å². The highest BCUT2D eigenvalue weighted by Gasteiger charge is 2.20. The van der Waals surface area contributed by atoms with Crippen LogP contribution in [0.15, 0.2) is 128 Å². The molecule has 0 bridgehead atoms. The van der Waals surface area contributed by atoms with Crippen molar-refractivity contribution in [2.24, 2.45) is 0 Å². The topological polar surface area (TPSA) is 46.8 Å². The molecule has 3 aromatic carbocycles. The lowest BCUT2D eigenvalue weighted by Gasteiger charge is -2.24. The lowest BCUT2D eigenvalue weighted by atomic mass is 9.87. The van der Waals surface area contributed by atoms with Crippen molar-refractivity contribution in [3.8, 4) is 28.1 Å². The Kier molecular flexibility index (Phi) is 6.89. The van der Waals surface area contributed by atoms with Crippen molar-refractivity contribution in [2.45, 2.75) is 26.2 Å². The van der Waals surface area contributed by atoms with E-state index in [4.69, 9.17) is 10.1 Å². The molecule has 5 nitrogen and oxygen atoms in total. The Balaban J connectivity index is 1.44. The molecule has 6 aromatic rings. The van der Waals surface area contributed by atoms with Gasteiger partial charge in [0.25, 0.3) is 0 Å². The first-order chi connectivity index (χ1) is 19.9. The van der Waals surface area contributed by atoms with Crippen LogP contribution in [0.25, 0.3) is 28.1 Å². The van der Waals surface area contributed by atoms with Gasteiger partial charge in [0.1, 0.15) is 11.5 Å². The Morgan fingerprint density at radius 1 is 0.683 bits per heavy atom. The second-order valence-corrected chi connectivity index (χ2v) is 10.9. The number of anilines is 3. The van der Waals surface area contributed by atoms with Crippen LogP contribution >= 0.6 is 0 Å². The molecule has 0 saturated carbocycles. The van der Waals surface area contributed by atoms with Gasteiger partial charge in [-0.1, -0.05) is 87.5 Å². The molecule has 6 heteroatoms. The van der Waals surface area contributed by atoms with Gasteiger partial charge >= 0.3 is 0 Å². The number of pyridine rings is 2. The van der Waals surface area contributed by atoms with Gasteiger partial charge < -0.3 is 0 Å². The fraction of sp³-hybridized carbons (Fsp3) is 0.114. The molecule has 3 heterocycles. The number of aromatic nitrogens is 4. The molecule has 0 aliphatic carbocycles. The van der Waals surface area contributed by atoms with E-state index in [1.807, 2.05) is 47.4 Å². The summed E-state index contributed by atoms with van der Waals surface area (Å²) in [6, 6.07) is 38.3. The summed E-state index contributed by atoms with van der Waals surface area (Å²) in [5.74, 6) is 0.731. The number of benzene rings is 3. The van der Waals surface area contributed by atoms with Crippen molar-refractivity contribution in [3.63, 3.8) is 0 Å². The summed E-state index contributed by atoms with van der Waals surface area (Å²) >= 11 is 0. The SMILES string of the molecule is CC(C)(C)c1ccc(N(c2cccc(-c3cccc(-c4ccccc4)c3)n2)c2ccn(-c3cccnc3F)n2)cc1. The zero-order valence-electron chi connectivity index (χ0n) is 23.2. The largest absolute Gasteiger partial charge is 0.278 e. The molecule has 0 aliphatic heterocycles. The summed E-state index contributed by atoms with van der Waals surface area (Å²) in [5, 5.41) is 4.74. The van der Waals surface area contributed by atoms with E-state index in [0.717, 1.165) is 28.1 Å². The highest BCUT2D eigenvalue weighted by molar-refractivity contribution is 5.76. The van der Waals surface area contributed by atoms with Gasteiger partial charge in [0.05, 0.1) is 5.69 Å². The van der Waals surface area contributed by atoms with Crippen LogP contribution in [0.5, 0.6) is 0 Å². The molecule has 0 fully saturated rings. The van der Waals surface area contributed by atoms with Gasteiger partial charge in [-0.25, -0.2) is 14.6 Å². The number of nitrogens with zero attached hydrogens (tertiary/aromatic N) is 5. The average molecular weight is 540 g/mol. The van der Waals surface area contributed by atoms with Crippen molar-refractivity contribution in [1.82, 2.24) is 19.7 Å². The minimum atomic E-state index is -0.582. The van der Waals surface area contributed by atoms with Crippen LogP contribution in [-0.2, 0) is 5.41 Å². The fourth-order valence-electron chi connectivity index (χ4n) is 4.81. The number of hydrogen-bond donors (Lipinski definition) is 0. The van der Waals surface area contributed by atoms with E-state index in [-0.39, 0.29) is 11.1 Å². The van der Waals surface area contributed by atoms with Gasteiger partial charge in [-0.3, -0.25) is 4.90 Å². The Bertz CT molecular complexity index is 1790. The monoisotopic (exact) mass is 539 g/mol. The van der Waals surface area contributed by atoms with Crippen molar-refractivity contribution < 1.29 is 4.39 Å². The normalized spacial score (nSPS) is 11.4. The van der Waals surface area contributed by atoms with Crippen LogP contribution < -0.4 is 4.90 Å². The summed E-state index contributed by atoms with van der Waals surface area (Å²) in [5.41, 5.74) is 6.56. The predicted octanol–water partition coefficient (Wildman–Crippen LogP) is 8.90. The maximum absolute atomic E-state index is 14.5. The fourth-order valence-corrected chi connectivity index (χ4v) is 4.81. The van der Waals surface area contributed by atoms with Crippen LogP contribution in [0.3, 0.4) is 0 Å². The molecular weight excluding hydrogens is 509 g/mol. The second-order valence-electron chi connectivity index (χ2n) is 10.9. The zero-order valence-corrected chi connectivity index (χ0v) is 23.2. The molecule has 0 N–H and O–H groups in total. The lowest BCUT2D eigenvalue weighted by molar-refractivity contribution is 0.569. The average Bonchev–Trinajstić information content (AvgIpc) is 3.47. The van der Waals surface area contributed by atoms with Crippen LogP contribution in [0, 0.1) is 5.95 Å². The Morgan fingerprint density at radius 2 is 1.41 bits per heavy atom. The Hall–Kier alpha value is -5.10. The first-order valence-corrected chi connectivity index (χ1v) is 13.6. The van der Waals surface area contributed by atoms with Crippen molar-refractivity contribution >= 4 is 17.3 Å². The molecule has 0 spiro atoms. The second kappa shape index (κ2) is 10.8. The third-order valence-electron chi connectivity index (χ3n) is 7.01. The minimum absolute atomic E-state index is 0.0186. The van der Waals surface area contributed by atoms with Crippen LogP contribution in [-0.4, -0.2) is 19.7 Å². The van der Waals surface area contributed by atoms with Crippen LogP contribution in [0.4, 0.5) is 21.7 Å². The van der Waals surface area contributed by atoms with Gasteiger partial charge in [-0.2, -0.15) is 4.39 Å². The minimum Gasteiger partial charge on any atom is -0.278 e. The number of halogens is 1. The van der Waals surface area contributed by atoms with E-state index in [9.17, 15) is 4.39 Å². The summed E-state index contributed by atoms with van der Waals surface area (Å²) in [4.78, 5) is 10.9. The van der Waals surface area contributed by atoms with E-state index < -0.39 is 5.95 Å². The van der Waals surface area contributed by atoms with Crippen molar-refractivity contribution in [2.75, 3.05) is 4.90 Å². The number of hydrogen-bond acceptors (Lipinski definition) is 4. The molecular formula is C35H30FN5. The maximum Gasteiger partial charge on any atom is 0.238 e. The molecule has 0 radical (unpaired) electrons. The van der Waals surface area contributed by atoms with E-state index >= 15 is 0 Å². The molecule has 0 saturated heterocycles. The van der Waals surface area contributed by atoms with Gasteiger partial charge in [0, 0.05) is 29.7 Å². The molecule has 0 amide bonds. The van der Waals surface area contributed by atoms with Crippen molar-refractivity contribution in [3.05, 3.63) is 139 Å². The van der Waals surface area contributed by atoms with E-state index in [1.165, 1.54) is 16.4 Å². The summed E-state index contributed by atoms with van der Waals surface area (Å²) in [6.07, 6.45) is 3.16. The first kappa shape index (κ1) is 26.1. The quantitative estimate of drug-likeness (QED) is 0.198. The summed E-state index contributed by atoms with van der Waals surface area (Å²) in [7, 11) is 0. The van der Waals surface area contributed by atoms with Gasteiger partial charge in [-0.05, 0) is 64.6 Å². The third-order valence-corrected chi connectivity index (χ3v) is 7.01. The maximum atomic E-state index is 14.5. The highest BCUT2D eigenvalue weighted by atomic mass is 19.1. The number of rotatable bonds is 6. The standard InChI is InChI=1S/C35H30FN5/c1-35(2,3)28-17-19-29(20-18-28)41(33-21-23-40(39-33)31-15-9-22-37-34(31)36)32-16-8-14-30(38-32)27-13-7-12-26(24-27)25-10-5-4-6-11-25/h4-24H,1-3H3. The molecule has 0 atom stereocenters. The molecule has 3 aromatic heterocycles. The highest BCUT2D eigenvalue weighted by Crippen LogP contribution is 2.35. The molecule has 0 unspecified atom stereocenters. The molecule has 6 rings (SSSR count). The predicted molar refractivity (Wildman–Crippen MR) is 163 cm³/mol. The van der Waals surface area contributed by atoms with E-state index in [1.54, 1.807) is 18.3 Å². The molecule has 0 aliphatic rings. The Labute approximate surface area is 239 Å².